The van der Waals surface area contributed by atoms with Crippen LogP contribution in [0.1, 0.15) is 0 Å². The van der Waals surface area contributed by atoms with Crippen LogP contribution in [0.5, 0.6) is 0 Å². The Labute approximate surface area is 108 Å². The molecule has 3 aromatic rings. The molecule has 3 N–H and O–H groups in total. The van der Waals surface area contributed by atoms with Crippen LogP contribution in [0, 0.1) is 0 Å². The molecule has 0 bridgehead atoms. The highest BCUT2D eigenvalue weighted by Crippen LogP contribution is 2.19. The molecule has 3 heterocycles. The number of nitrogens with one attached hydrogen (secondary N) is 3. The fourth-order valence-electron chi connectivity index (χ4n) is 1.72. The lowest BCUT2D eigenvalue weighted by molar-refractivity contribution is 0.608. The number of hydrogen-bond acceptors (Lipinski definition) is 7. The van der Waals surface area contributed by atoms with Crippen molar-refractivity contribution >= 4 is 22.8 Å². The smallest absolute Gasteiger partial charge is 0.226 e. The van der Waals surface area contributed by atoms with Gasteiger partial charge in [-0.2, -0.15) is 15.1 Å². The molecule has 0 aliphatic rings. The molecule has 0 fully saturated rings. The van der Waals surface area contributed by atoms with Crippen molar-refractivity contribution in [1.82, 2.24) is 35.2 Å². The Kier molecular flexibility index (Phi) is 2.93. The highest BCUT2D eigenvalue weighted by atomic mass is 15.4. The number of nitrogens with zero attached hydrogens (tertiary/aromatic N) is 6. The molecule has 9 heteroatoms. The van der Waals surface area contributed by atoms with Gasteiger partial charge in [0.2, 0.25) is 5.95 Å². The summed E-state index contributed by atoms with van der Waals surface area (Å²) in [6, 6.07) is 0. The molecular weight excluding hydrogens is 246 g/mol. The molecule has 0 amide bonds. The van der Waals surface area contributed by atoms with Crippen molar-refractivity contribution in [3.8, 4) is 0 Å². The zero-order valence-electron chi connectivity index (χ0n) is 10.3. The van der Waals surface area contributed by atoms with Gasteiger partial charge in [-0.3, -0.25) is 9.78 Å². The molecule has 0 aliphatic carbocycles. The molecule has 3 aromatic heterocycles. The van der Waals surface area contributed by atoms with Gasteiger partial charge >= 0.3 is 0 Å². The largest absolute Gasteiger partial charge is 0.367 e. The monoisotopic (exact) mass is 259 g/mol. The fraction of sp³-hybridized carbons (Fsp3) is 0.300. The van der Waals surface area contributed by atoms with Gasteiger partial charge < -0.3 is 10.6 Å². The highest BCUT2D eigenvalue weighted by Gasteiger charge is 2.08. The van der Waals surface area contributed by atoms with Gasteiger partial charge in [0.05, 0.1) is 24.3 Å². The zero-order valence-corrected chi connectivity index (χ0v) is 10.3. The molecule has 19 heavy (non-hydrogen) atoms. The molecule has 0 aromatic carbocycles. The maximum Gasteiger partial charge on any atom is 0.226 e. The molecule has 0 radical (unpaired) electrons. The normalized spacial score (nSPS) is 10.8. The third kappa shape index (κ3) is 2.30. The van der Waals surface area contributed by atoms with Gasteiger partial charge in [-0.25, -0.2) is 0 Å². The number of anilines is 2. The van der Waals surface area contributed by atoms with Gasteiger partial charge in [0.25, 0.3) is 0 Å². The van der Waals surface area contributed by atoms with Crippen LogP contribution in [0.15, 0.2) is 18.6 Å². The van der Waals surface area contributed by atoms with E-state index in [9.17, 15) is 0 Å². The summed E-state index contributed by atoms with van der Waals surface area (Å²) in [7, 11) is 1.77. The number of hydrogen-bond donors (Lipinski definition) is 3. The lowest BCUT2D eigenvalue weighted by Crippen LogP contribution is -2.12. The molecule has 3 rings (SSSR count). The lowest BCUT2D eigenvalue weighted by atomic mass is 10.4. The summed E-state index contributed by atoms with van der Waals surface area (Å²) in [5, 5.41) is 21.5. The van der Waals surface area contributed by atoms with E-state index in [-0.39, 0.29) is 0 Å². The quantitative estimate of drug-likeness (QED) is 0.596. The molecule has 9 nitrogen and oxygen atoms in total. The average Bonchev–Trinajstić information content (AvgIpc) is 3.08. The van der Waals surface area contributed by atoms with Gasteiger partial charge in [0, 0.05) is 19.8 Å². The Balaban J connectivity index is 1.77. The predicted molar refractivity (Wildman–Crippen MR) is 69.7 cm³/mol. The van der Waals surface area contributed by atoms with E-state index in [2.05, 4.69) is 41.1 Å². The van der Waals surface area contributed by atoms with Crippen LogP contribution in [0.25, 0.3) is 11.0 Å². The van der Waals surface area contributed by atoms with Crippen LogP contribution in [-0.4, -0.2) is 48.8 Å². The Morgan fingerprint density at radius 3 is 3.11 bits per heavy atom. The van der Waals surface area contributed by atoms with Gasteiger partial charge in [-0.1, -0.05) is 5.21 Å². The zero-order chi connectivity index (χ0) is 13.1. The summed E-state index contributed by atoms with van der Waals surface area (Å²) in [5.41, 5.74) is 0.697. The Morgan fingerprint density at radius 2 is 2.32 bits per heavy atom. The number of H-pyrrole nitrogens is 1. The fourth-order valence-corrected chi connectivity index (χ4v) is 1.72. The topological polar surface area (TPSA) is 109 Å². The predicted octanol–water partition coefficient (Wildman–Crippen LogP) is 0.0982. The minimum Gasteiger partial charge on any atom is -0.367 e. The summed E-state index contributed by atoms with van der Waals surface area (Å²) in [4.78, 5) is 8.64. The Bertz CT molecular complexity index is 657. The number of fused-ring (bicyclic) bond motifs is 1. The second-order valence-electron chi connectivity index (χ2n) is 3.87. The molecule has 0 saturated carbocycles. The van der Waals surface area contributed by atoms with Crippen molar-refractivity contribution in [2.24, 2.45) is 0 Å². The first-order valence-electron chi connectivity index (χ1n) is 5.83. The van der Waals surface area contributed by atoms with Crippen molar-refractivity contribution in [2.45, 2.75) is 6.54 Å². The standard InChI is InChI=1S/C10H13N9/c1-11-10-15-8(7-6-14-17-9(7)16-10)12-2-4-19-5-3-13-18-19/h3,5-6H,2,4H2,1H3,(H3,11,12,14,15,16,17). The first kappa shape index (κ1) is 11.4. The molecule has 0 aliphatic heterocycles. The highest BCUT2D eigenvalue weighted by molar-refractivity contribution is 5.86. The van der Waals surface area contributed by atoms with Crippen LogP contribution in [0.3, 0.4) is 0 Å². The second kappa shape index (κ2) is 4.88. The number of aromatic nitrogens is 7. The van der Waals surface area contributed by atoms with E-state index < -0.39 is 0 Å². The van der Waals surface area contributed by atoms with Gasteiger partial charge in [0.15, 0.2) is 5.65 Å². The first-order valence-corrected chi connectivity index (χ1v) is 5.83. The van der Waals surface area contributed by atoms with Crippen molar-refractivity contribution in [3.63, 3.8) is 0 Å². The summed E-state index contributed by atoms with van der Waals surface area (Å²) >= 11 is 0. The molecule has 0 spiro atoms. The van der Waals surface area contributed by atoms with Gasteiger partial charge in [0.1, 0.15) is 5.82 Å². The van der Waals surface area contributed by atoms with Crippen LogP contribution >= 0.6 is 0 Å². The molecule has 0 unspecified atom stereocenters. The molecule has 0 atom stereocenters. The van der Waals surface area contributed by atoms with Crippen molar-refractivity contribution in [3.05, 3.63) is 18.6 Å². The van der Waals surface area contributed by atoms with Crippen molar-refractivity contribution < 1.29 is 0 Å². The van der Waals surface area contributed by atoms with Crippen LogP contribution in [-0.2, 0) is 6.54 Å². The van der Waals surface area contributed by atoms with Crippen LogP contribution in [0.4, 0.5) is 11.8 Å². The minimum absolute atomic E-state index is 0.542. The van der Waals surface area contributed by atoms with E-state index >= 15 is 0 Å². The number of rotatable bonds is 5. The van der Waals surface area contributed by atoms with E-state index in [4.69, 9.17) is 0 Å². The third-order valence-electron chi connectivity index (χ3n) is 2.64. The minimum atomic E-state index is 0.542. The maximum absolute atomic E-state index is 4.37. The van der Waals surface area contributed by atoms with E-state index in [0.29, 0.717) is 24.7 Å². The van der Waals surface area contributed by atoms with Crippen molar-refractivity contribution in [1.29, 1.82) is 0 Å². The van der Waals surface area contributed by atoms with Gasteiger partial charge in [-0.15, -0.1) is 5.10 Å². The average molecular weight is 259 g/mol. The summed E-state index contributed by atoms with van der Waals surface area (Å²) in [6.45, 7) is 1.39. The Hall–Kier alpha value is -2.71. The van der Waals surface area contributed by atoms with Crippen molar-refractivity contribution in [2.75, 3.05) is 24.2 Å². The molecule has 98 valence electrons. The third-order valence-corrected chi connectivity index (χ3v) is 2.64. The summed E-state index contributed by atoms with van der Waals surface area (Å²) in [6.07, 6.45) is 5.17. The second-order valence-corrected chi connectivity index (χ2v) is 3.87. The SMILES string of the molecule is CNc1nc(NCCn2ccnn2)c2cn[nH]c2n1. The molecule has 0 saturated heterocycles. The van der Waals surface area contributed by atoms with E-state index in [1.807, 2.05) is 6.20 Å². The number of aromatic amines is 1. The summed E-state index contributed by atoms with van der Waals surface area (Å²) in [5.74, 6) is 1.28. The first-order chi connectivity index (χ1) is 9.36. The van der Waals surface area contributed by atoms with E-state index in [1.165, 1.54) is 0 Å². The van der Waals surface area contributed by atoms with Crippen LogP contribution in [0.2, 0.25) is 0 Å². The Morgan fingerprint density at radius 1 is 1.37 bits per heavy atom. The maximum atomic E-state index is 4.37. The van der Waals surface area contributed by atoms with E-state index in [1.54, 1.807) is 24.1 Å². The molecular formula is C10H13N9. The van der Waals surface area contributed by atoms with Gasteiger partial charge in [-0.05, 0) is 0 Å². The van der Waals surface area contributed by atoms with Crippen LogP contribution < -0.4 is 10.6 Å². The lowest BCUT2D eigenvalue weighted by Gasteiger charge is -2.07. The summed E-state index contributed by atoms with van der Waals surface area (Å²) < 4.78 is 1.75. The van der Waals surface area contributed by atoms with E-state index in [0.717, 1.165) is 11.2 Å².